The number of hydrogen-bond donors (Lipinski definition) is 6. The van der Waals surface area contributed by atoms with E-state index in [4.69, 9.17) is 26.6 Å². The molecule has 8 nitrogen and oxygen atoms in total. The zero-order valence-electron chi connectivity index (χ0n) is 11.0. The highest BCUT2D eigenvalue weighted by Gasteiger charge is 2.29. The molecule has 3 atom stereocenters. The van der Waals surface area contributed by atoms with Crippen molar-refractivity contribution in [3.63, 3.8) is 0 Å². The van der Waals surface area contributed by atoms with Crippen LogP contribution in [0.5, 0.6) is 0 Å². The number of amides is 1. The van der Waals surface area contributed by atoms with Crippen molar-refractivity contribution >= 4 is 19.0 Å². The Labute approximate surface area is 112 Å². The van der Waals surface area contributed by atoms with Gasteiger partial charge in [0, 0.05) is 5.92 Å². The number of nitrogens with two attached hydrogens (primary N) is 2. The topological polar surface area (TPSA) is 159 Å². The lowest BCUT2D eigenvalue weighted by Crippen LogP contribution is -2.52. The van der Waals surface area contributed by atoms with Gasteiger partial charge in [-0.05, 0) is 26.2 Å². The maximum Gasteiger partial charge on any atom is 0.451 e. The molecule has 8 N–H and O–H groups in total. The molecule has 0 heterocycles. The van der Waals surface area contributed by atoms with E-state index < -0.39 is 37.0 Å². The molecule has 0 rings (SSSR count). The monoisotopic (exact) mass is 275 g/mol. The van der Waals surface area contributed by atoms with Crippen LogP contribution in [0.2, 0.25) is 6.32 Å². The third-order valence-corrected chi connectivity index (χ3v) is 2.79. The second-order valence-electron chi connectivity index (χ2n) is 4.52. The van der Waals surface area contributed by atoms with E-state index in [1.54, 1.807) is 0 Å². The summed E-state index contributed by atoms with van der Waals surface area (Å²) in [5, 5.41) is 28.9. The zero-order chi connectivity index (χ0) is 15.0. The average Bonchev–Trinajstić information content (AvgIpc) is 2.31. The third-order valence-electron chi connectivity index (χ3n) is 2.79. The van der Waals surface area contributed by atoms with Crippen molar-refractivity contribution in [1.29, 1.82) is 0 Å². The van der Waals surface area contributed by atoms with Crippen LogP contribution in [0.1, 0.15) is 19.8 Å². The van der Waals surface area contributed by atoms with Gasteiger partial charge in [-0.2, -0.15) is 0 Å². The number of carboxylic acid groups (broad SMARTS) is 1. The molecule has 0 saturated carbocycles. The first-order valence-corrected chi connectivity index (χ1v) is 6.14. The van der Waals surface area contributed by atoms with E-state index in [0.29, 0.717) is 12.8 Å². The molecular weight excluding hydrogens is 253 g/mol. The van der Waals surface area contributed by atoms with Gasteiger partial charge in [-0.3, -0.25) is 4.79 Å². The Balaban J connectivity index is 4.54. The van der Waals surface area contributed by atoms with E-state index >= 15 is 0 Å². The minimum atomic E-state index is -1.43. The molecule has 0 aliphatic carbocycles. The lowest BCUT2D eigenvalue weighted by molar-refractivity contribution is -0.143. The molecule has 0 fully saturated rings. The molecule has 1 amide bonds. The Morgan fingerprint density at radius 2 is 1.95 bits per heavy atom. The number of rotatable bonds is 9. The smallest absolute Gasteiger partial charge is 0.451 e. The van der Waals surface area contributed by atoms with Gasteiger partial charge in [-0.25, -0.2) is 4.79 Å². The fourth-order valence-electron chi connectivity index (χ4n) is 1.65. The van der Waals surface area contributed by atoms with Gasteiger partial charge in [0.2, 0.25) is 5.91 Å². The van der Waals surface area contributed by atoms with E-state index in [1.807, 2.05) is 0 Å². The van der Waals surface area contributed by atoms with Gasteiger partial charge in [0.15, 0.2) is 0 Å². The maximum absolute atomic E-state index is 11.4. The highest BCUT2D eigenvalue weighted by atomic mass is 16.4. The first-order chi connectivity index (χ1) is 8.79. The molecule has 110 valence electrons. The Kier molecular flexibility index (Phi) is 8.32. The fraction of sp³-hybridized carbons (Fsp3) is 0.800. The minimum absolute atomic E-state index is 0.0672. The van der Waals surface area contributed by atoms with Crippen LogP contribution in [0.3, 0.4) is 0 Å². The van der Waals surface area contributed by atoms with E-state index in [-0.39, 0.29) is 12.9 Å². The summed E-state index contributed by atoms with van der Waals surface area (Å²) in [6, 6.07) is -1.93. The third kappa shape index (κ3) is 7.11. The average molecular weight is 275 g/mol. The van der Waals surface area contributed by atoms with Crippen molar-refractivity contribution in [2.24, 2.45) is 17.4 Å². The SMILES string of the molecule is C[C@H](N)C(=O)N[C@H](C(=O)O)[C@@H](CN)CCCB(O)O. The van der Waals surface area contributed by atoms with Gasteiger partial charge in [-0.1, -0.05) is 6.42 Å². The van der Waals surface area contributed by atoms with Crippen LogP contribution < -0.4 is 16.8 Å². The summed E-state index contributed by atoms with van der Waals surface area (Å²) < 4.78 is 0. The van der Waals surface area contributed by atoms with Crippen molar-refractivity contribution in [3.05, 3.63) is 0 Å². The summed E-state index contributed by atoms with van der Waals surface area (Å²) in [5.41, 5.74) is 10.9. The van der Waals surface area contributed by atoms with Crippen molar-refractivity contribution in [1.82, 2.24) is 5.32 Å². The molecule has 0 bridgehead atoms. The van der Waals surface area contributed by atoms with Crippen LogP contribution in [0.4, 0.5) is 0 Å². The van der Waals surface area contributed by atoms with Gasteiger partial charge < -0.3 is 31.9 Å². The lowest BCUT2D eigenvalue weighted by Gasteiger charge is -2.24. The minimum Gasteiger partial charge on any atom is -0.480 e. The summed E-state index contributed by atoms with van der Waals surface area (Å²) in [7, 11) is -1.43. The van der Waals surface area contributed by atoms with Gasteiger partial charge >= 0.3 is 13.1 Å². The first-order valence-electron chi connectivity index (χ1n) is 6.14. The second-order valence-corrected chi connectivity index (χ2v) is 4.52. The molecule has 19 heavy (non-hydrogen) atoms. The molecule has 0 saturated heterocycles. The molecular formula is C10H22BN3O5. The molecule has 9 heteroatoms. The number of carbonyl (C=O) groups excluding carboxylic acids is 1. The zero-order valence-corrected chi connectivity index (χ0v) is 11.0. The molecule has 0 aromatic rings. The molecule has 0 aromatic carbocycles. The van der Waals surface area contributed by atoms with Gasteiger partial charge in [0.25, 0.3) is 0 Å². The first kappa shape index (κ1) is 17.8. The summed E-state index contributed by atoms with van der Waals surface area (Å²) in [6.45, 7) is 1.52. The van der Waals surface area contributed by atoms with E-state index in [9.17, 15) is 9.59 Å². The predicted molar refractivity (Wildman–Crippen MR) is 70.0 cm³/mol. The van der Waals surface area contributed by atoms with Gasteiger partial charge in [-0.15, -0.1) is 0 Å². The maximum atomic E-state index is 11.4. The summed E-state index contributed by atoms with van der Waals surface area (Å²) in [6.07, 6.45) is 0.895. The molecule has 0 aliphatic heterocycles. The van der Waals surface area contributed by atoms with E-state index in [0.717, 1.165) is 0 Å². The van der Waals surface area contributed by atoms with E-state index in [1.165, 1.54) is 6.92 Å². The lowest BCUT2D eigenvalue weighted by atomic mass is 9.81. The Hall–Kier alpha value is -1.16. The second kappa shape index (κ2) is 8.86. The molecule has 0 unspecified atom stereocenters. The number of aliphatic carboxylic acids is 1. The Morgan fingerprint density at radius 3 is 2.32 bits per heavy atom. The number of nitrogens with one attached hydrogen (secondary N) is 1. The van der Waals surface area contributed by atoms with Crippen molar-refractivity contribution in [2.75, 3.05) is 6.54 Å². The fourth-order valence-corrected chi connectivity index (χ4v) is 1.65. The van der Waals surface area contributed by atoms with Crippen molar-refractivity contribution in [3.8, 4) is 0 Å². The highest BCUT2D eigenvalue weighted by Crippen LogP contribution is 2.13. The largest absolute Gasteiger partial charge is 0.480 e. The summed E-state index contributed by atoms with van der Waals surface area (Å²) >= 11 is 0. The molecule has 0 radical (unpaired) electrons. The Morgan fingerprint density at radius 1 is 1.37 bits per heavy atom. The van der Waals surface area contributed by atoms with Gasteiger partial charge in [0.1, 0.15) is 6.04 Å². The summed E-state index contributed by atoms with van der Waals surface area (Å²) in [5.74, 6) is -2.24. The van der Waals surface area contributed by atoms with Crippen LogP contribution in [0.25, 0.3) is 0 Å². The number of carbonyl (C=O) groups is 2. The van der Waals surface area contributed by atoms with Crippen LogP contribution in [-0.2, 0) is 9.59 Å². The summed E-state index contributed by atoms with van der Waals surface area (Å²) in [4.78, 5) is 22.6. The molecule has 0 aliphatic rings. The van der Waals surface area contributed by atoms with E-state index in [2.05, 4.69) is 5.32 Å². The van der Waals surface area contributed by atoms with Crippen molar-refractivity contribution in [2.45, 2.75) is 38.2 Å². The normalized spacial score (nSPS) is 15.4. The van der Waals surface area contributed by atoms with Crippen LogP contribution in [0, 0.1) is 5.92 Å². The quantitative estimate of drug-likeness (QED) is 0.259. The van der Waals surface area contributed by atoms with Crippen LogP contribution in [-0.4, -0.2) is 52.8 Å². The molecule has 0 spiro atoms. The number of carboxylic acids is 1. The molecule has 0 aromatic heterocycles. The predicted octanol–water partition coefficient (Wildman–Crippen LogP) is -2.27. The Bertz CT molecular complexity index is 301. The van der Waals surface area contributed by atoms with Crippen molar-refractivity contribution < 1.29 is 24.7 Å². The number of hydrogen-bond acceptors (Lipinski definition) is 6. The van der Waals surface area contributed by atoms with Crippen LogP contribution in [0.15, 0.2) is 0 Å². The van der Waals surface area contributed by atoms with Crippen LogP contribution >= 0.6 is 0 Å². The standard InChI is InChI=1S/C10H22BN3O5/c1-6(13)9(15)14-8(10(16)17)7(5-12)3-2-4-11(18)19/h6-8,18-19H,2-5,12-13H2,1H3,(H,14,15)(H,16,17)/t6-,7+,8-/m0/s1. The highest BCUT2D eigenvalue weighted by molar-refractivity contribution is 6.40. The van der Waals surface area contributed by atoms with Gasteiger partial charge in [0.05, 0.1) is 6.04 Å².